The van der Waals surface area contributed by atoms with Gasteiger partial charge in [-0.1, -0.05) is 12.1 Å². The van der Waals surface area contributed by atoms with Crippen molar-refractivity contribution in [1.29, 1.82) is 0 Å². The van der Waals surface area contributed by atoms with Crippen molar-refractivity contribution in [3.05, 3.63) is 69.9 Å². The molecule has 4 rings (SSSR count). The third kappa shape index (κ3) is 3.94. The average Bonchev–Trinajstić information content (AvgIpc) is 3.41. The van der Waals surface area contributed by atoms with Gasteiger partial charge in [0.1, 0.15) is 4.83 Å². The van der Waals surface area contributed by atoms with Crippen LogP contribution in [0.3, 0.4) is 0 Å². The molecule has 31 heavy (non-hydrogen) atoms. The molecule has 7 nitrogen and oxygen atoms in total. The summed E-state index contributed by atoms with van der Waals surface area (Å²) in [5.74, 6) is 0.901. The Balaban J connectivity index is 1.60. The molecule has 8 heteroatoms. The Bertz CT molecular complexity index is 1260. The Labute approximate surface area is 183 Å². The van der Waals surface area contributed by atoms with Crippen molar-refractivity contribution in [2.45, 2.75) is 20.4 Å². The van der Waals surface area contributed by atoms with Crippen LogP contribution < -0.4 is 5.32 Å². The van der Waals surface area contributed by atoms with E-state index in [0.717, 1.165) is 27.0 Å². The molecule has 0 aliphatic heterocycles. The van der Waals surface area contributed by atoms with Crippen molar-refractivity contribution in [2.24, 2.45) is 0 Å². The minimum Gasteiger partial charge on any atom is -0.461 e. The number of hydrogen-bond acceptors (Lipinski definition) is 6. The highest BCUT2D eigenvalue weighted by molar-refractivity contribution is 7.20. The molecule has 0 aliphatic carbocycles. The zero-order valence-electron chi connectivity index (χ0n) is 17.7. The number of amides is 2. The van der Waals surface area contributed by atoms with Gasteiger partial charge in [0.25, 0.3) is 11.8 Å². The Morgan fingerprint density at radius 3 is 2.52 bits per heavy atom. The molecule has 4 aromatic rings. The zero-order chi connectivity index (χ0) is 22.1. The van der Waals surface area contributed by atoms with Crippen molar-refractivity contribution < 1.29 is 14.0 Å². The standard InChI is InChI=1S/C23H22N4O3S/c1-13-18-14(2)25-20(17-6-5-11-30-17)26-22(18)31-19(13)23(29)27(4)12-15-7-9-16(10-8-15)21(28)24-3/h5-11H,12H2,1-4H3,(H,24,28). The molecule has 0 spiro atoms. The smallest absolute Gasteiger partial charge is 0.264 e. The van der Waals surface area contributed by atoms with Crippen LogP contribution in [0.2, 0.25) is 0 Å². The van der Waals surface area contributed by atoms with Crippen LogP contribution in [0, 0.1) is 13.8 Å². The van der Waals surface area contributed by atoms with Crippen molar-refractivity contribution in [3.63, 3.8) is 0 Å². The number of thiophene rings is 1. The number of aryl methyl sites for hydroxylation is 2. The van der Waals surface area contributed by atoms with Crippen molar-refractivity contribution in [3.8, 4) is 11.6 Å². The second kappa shape index (κ2) is 8.31. The van der Waals surface area contributed by atoms with Crippen molar-refractivity contribution >= 4 is 33.4 Å². The summed E-state index contributed by atoms with van der Waals surface area (Å²) in [6.45, 7) is 4.28. The summed E-state index contributed by atoms with van der Waals surface area (Å²) in [7, 11) is 3.37. The average molecular weight is 435 g/mol. The van der Waals surface area contributed by atoms with Gasteiger partial charge in [0, 0.05) is 31.6 Å². The van der Waals surface area contributed by atoms with Gasteiger partial charge in [0.05, 0.1) is 16.8 Å². The number of rotatable bonds is 5. The van der Waals surface area contributed by atoms with Crippen LogP contribution in [0.5, 0.6) is 0 Å². The molecule has 0 aliphatic rings. The lowest BCUT2D eigenvalue weighted by Crippen LogP contribution is -2.26. The first-order chi connectivity index (χ1) is 14.9. The zero-order valence-corrected chi connectivity index (χ0v) is 18.5. The Kier molecular flexibility index (Phi) is 5.56. The van der Waals surface area contributed by atoms with E-state index in [2.05, 4.69) is 15.3 Å². The van der Waals surface area contributed by atoms with E-state index in [1.54, 1.807) is 43.5 Å². The number of benzene rings is 1. The summed E-state index contributed by atoms with van der Waals surface area (Å²) >= 11 is 1.37. The lowest BCUT2D eigenvalue weighted by molar-refractivity contribution is 0.0789. The molecule has 1 N–H and O–H groups in total. The molecule has 3 aromatic heterocycles. The maximum atomic E-state index is 13.2. The van der Waals surface area contributed by atoms with Crippen molar-refractivity contribution in [2.75, 3.05) is 14.1 Å². The van der Waals surface area contributed by atoms with E-state index in [-0.39, 0.29) is 11.8 Å². The SMILES string of the molecule is CNC(=O)c1ccc(CN(C)C(=O)c2sc3nc(-c4ccco4)nc(C)c3c2C)cc1. The van der Waals surface area contributed by atoms with Gasteiger partial charge in [0.2, 0.25) is 0 Å². The highest BCUT2D eigenvalue weighted by Crippen LogP contribution is 2.33. The van der Waals surface area contributed by atoms with Crippen LogP contribution in [-0.2, 0) is 6.54 Å². The van der Waals surface area contributed by atoms with Gasteiger partial charge >= 0.3 is 0 Å². The van der Waals surface area contributed by atoms with E-state index >= 15 is 0 Å². The monoisotopic (exact) mass is 434 g/mol. The lowest BCUT2D eigenvalue weighted by atomic mass is 10.1. The fraction of sp³-hybridized carbons (Fsp3) is 0.217. The van der Waals surface area contributed by atoms with E-state index in [9.17, 15) is 9.59 Å². The van der Waals surface area contributed by atoms with E-state index in [4.69, 9.17) is 4.42 Å². The van der Waals surface area contributed by atoms with Gasteiger partial charge in [-0.25, -0.2) is 9.97 Å². The number of carbonyl (C=O) groups is 2. The summed E-state index contributed by atoms with van der Waals surface area (Å²) in [6.07, 6.45) is 1.59. The number of nitrogens with one attached hydrogen (secondary N) is 1. The van der Waals surface area contributed by atoms with Crippen LogP contribution in [-0.4, -0.2) is 40.8 Å². The second-order valence-electron chi connectivity index (χ2n) is 7.28. The van der Waals surface area contributed by atoms with Gasteiger partial charge in [0.15, 0.2) is 11.6 Å². The summed E-state index contributed by atoms with van der Waals surface area (Å²) in [5.41, 5.74) is 3.23. The first-order valence-electron chi connectivity index (χ1n) is 9.77. The normalized spacial score (nSPS) is 11.0. The fourth-order valence-electron chi connectivity index (χ4n) is 3.48. The summed E-state index contributed by atoms with van der Waals surface area (Å²) in [6, 6.07) is 10.8. The van der Waals surface area contributed by atoms with Gasteiger partial charge < -0.3 is 14.6 Å². The lowest BCUT2D eigenvalue weighted by Gasteiger charge is -2.17. The third-order valence-electron chi connectivity index (χ3n) is 5.12. The highest BCUT2D eigenvalue weighted by Gasteiger charge is 2.22. The largest absolute Gasteiger partial charge is 0.461 e. The van der Waals surface area contributed by atoms with Gasteiger partial charge in [-0.05, 0) is 49.2 Å². The molecule has 0 saturated heterocycles. The van der Waals surface area contributed by atoms with Crippen LogP contribution in [0.4, 0.5) is 0 Å². The number of fused-ring (bicyclic) bond motifs is 1. The molecule has 158 valence electrons. The van der Waals surface area contributed by atoms with E-state index in [1.807, 2.05) is 32.0 Å². The minimum atomic E-state index is -0.137. The molecule has 0 fully saturated rings. The maximum absolute atomic E-state index is 13.2. The molecule has 0 radical (unpaired) electrons. The number of carbonyl (C=O) groups excluding carboxylic acids is 2. The molecule has 2 amide bonds. The van der Waals surface area contributed by atoms with E-state index < -0.39 is 0 Å². The van der Waals surface area contributed by atoms with Gasteiger partial charge in [-0.15, -0.1) is 11.3 Å². The van der Waals surface area contributed by atoms with Gasteiger partial charge in [-0.3, -0.25) is 9.59 Å². The fourth-order valence-corrected chi connectivity index (χ4v) is 4.71. The Hall–Kier alpha value is -3.52. The molecule has 0 bridgehead atoms. The van der Waals surface area contributed by atoms with Crippen LogP contribution in [0.25, 0.3) is 21.8 Å². The molecule has 1 aromatic carbocycles. The first-order valence-corrected chi connectivity index (χ1v) is 10.6. The predicted molar refractivity (Wildman–Crippen MR) is 120 cm³/mol. The van der Waals surface area contributed by atoms with Crippen LogP contribution in [0.15, 0.2) is 47.1 Å². The molecule has 0 unspecified atom stereocenters. The number of aromatic nitrogens is 2. The summed E-state index contributed by atoms with van der Waals surface area (Å²) in [4.78, 5) is 37.2. The quantitative estimate of drug-likeness (QED) is 0.509. The van der Waals surface area contributed by atoms with E-state index in [0.29, 0.717) is 28.6 Å². The first kappa shape index (κ1) is 20.7. The molecule has 3 heterocycles. The minimum absolute atomic E-state index is 0.0742. The summed E-state index contributed by atoms with van der Waals surface area (Å²) < 4.78 is 5.42. The topological polar surface area (TPSA) is 88.3 Å². The highest BCUT2D eigenvalue weighted by atomic mass is 32.1. The number of hydrogen-bond donors (Lipinski definition) is 1. The van der Waals surface area contributed by atoms with E-state index in [1.165, 1.54) is 11.3 Å². The van der Waals surface area contributed by atoms with Crippen molar-refractivity contribution in [1.82, 2.24) is 20.2 Å². The molecule has 0 saturated carbocycles. The van der Waals surface area contributed by atoms with Crippen LogP contribution in [0.1, 0.15) is 36.9 Å². The Morgan fingerprint density at radius 2 is 1.87 bits per heavy atom. The van der Waals surface area contributed by atoms with Crippen LogP contribution >= 0.6 is 11.3 Å². The molecule has 0 atom stereocenters. The maximum Gasteiger partial charge on any atom is 0.264 e. The Morgan fingerprint density at radius 1 is 1.13 bits per heavy atom. The summed E-state index contributed by atoms with van der Waals surface area (Å²) in [5, 5.41) is 3.51. The number of nitrogens with zero attached hydrogens (tertiary/aromatic N) is 3. The predicted octanol–water partition coefficient (Wildman–Crippen LogP) is 4.20. The molecular weight excluding hydrogens is 412 g/mol. The van der Waals surface area contributed by atoms with Gasteiger partial charge in [-0.2, -0.15) is 0 Å². The molecular formula is C23H22N4O3S. The third-order valence-corrected chi connectivity index (χ3v) is 6.29. The number of furan rings is 1. The second-order valence-corrected chi connectivity index (χ2v) is 8.28.